The van der Waals surface area contributed by atoms with Gasteiger partial charge in [0.2, 0.25) is 0 Å². The summed E-state index contributed by atoms with van der Waals surface area (Å²) in [4.78, 5) is 11.0. The second-order valence-corrected chi connectivity index (χ2v) is 4.38. The fourth-order valence-electron chi connectivity index (χ4n) is 1.56. The number of hydrogen-bond acceptors (Lipinski definition) is 1. The molecule has 0 amide bonds. The lowest BCUT2D eigenvalue weighted by Crippen LogP contribution is -1.99. The van der Waals surface area contributed by atoms with Crippen LogP contribution in [0.2, 0.25) is 0 Å². The Balaban J connectivity index is 0.000000146. The fraction of sp³-hybridized carbons (Fsp3) is 0.133. The van der Waals surface area contributed by atoms with Crippen LogP contribution in [0.5, 0.6) is 0 Å². The maximum absolute atomic E-state index is 12.0. The van der Waals surface area contributed by atoms with E-state index < -0.39 is 0 Å². The molecular formula is C15H12ClFO. The minimum absolute atomic E-state index is 0.0216. The predicted octanol–water partition coefficient (Wildman–Crippen LogP) is 3.84. The lowest BCUT2D eigenvalue weighted by molar-refractivity contribution is 0.102. The van der Waals surface area contributed by atoms with Gasteiger partial charge in [-0.15, -0.1) is 11.6 Å². The van der Waals surface area contributed by atoms with Crippen LogP contribution < -0.4 is 0 Å². The third-order valence-corrected chi connectivity index (χ3v) is 3.02. The van der Waals surface area contributed by atoms with Crippen LogP contribution in [0.15, 0.2) is 42.5 Å². The number of aryl methyl sites for hydroxylation is 1. The number of rotatable bonds is 2. The number of carbonyl (C=O) groups is 1. The molecule has 0 saturated carbocycles. The third-order valence-electron chi connectivity index (χ3n) is 2.78. The standard InChI is InChI=1S/C9H9ClO.C6H3F/c1-7-2-4-8(5-3-7)9(11)6-10;7-6-3-4-1-2-5(4)6/h2-5H,6H2,1H3;1-3H. The Morgan fingerprint density at radius 2 is 1.83 bits per heavy atom. The highest BCUT2D eigenvalue weighted by Crippen LogP contribution is 2.12. The van der Waals surface area contributed by atoms with E-state index in [1.165, 1.54) is 6.07 Å². The highest BCUT2D eigenvalue weighted by atomic mass is 35.5. The van der Waals surface area contributed by atoms with Crippen LogP contribution in [0.4, 0.5) is 4.39 Å². The van der Waals surface area contributed by atoms with E-state index >= 15 is 0 Å². The summed E-state index contributed by atoms with van der Waals surface area (Å²) >= 11 is 5.38. The molecule has 0 aliphatic heterocycles. The highest BCUT2D eigenvalue weighted by molar-refractivity contribution is 6.30. The highest BCUT2D eigenvalue weighted by Gasteiger charge is 2.02. The van der Waals surface area contributed by atoms with Crippen molar-refractivity contribution < 1.29 is 9.18 Å². The molecule has 0 spiro atoms. The smallest absolute Gasteiger partial charge is 0.177 e. The first-order valence-corrected chi connectivity index (χ1v) is 6.11. The number of halogens is 2. The van der Waals surface area contributed by atoms with Gasteiger partial charge in [0.1, 0.15) is 5.82 Å². The minimum atomic E-state index is -0.0579. The van der Waals surface area contributed by atoms with Gasteiger partial charge in [-0.3, -0.25) is 4.79 Å². The summed E-state index contributed by atoms with van der Waals surface area (Å²) in [6.45, 7) is 1.98. The molecule has 2 aliphatic rings. The summed E-state index contributed by atoms with van der Waals surface area (Å²) in [5.41, 5.74) is 1.83. The van der Waals surface area contributed by atoms with Gasteiger partial charge in [-0.1, -0.05) is 42.0 Å². The van der Waals surface area contributed by atoms with Crippen molar-refractivity contribution >= 4 is 17.4 Å². The monoisotopic (exact) mass is 262 g/mol. The fourth-order valence-corrected chi connectivity index (χ4v) is 1.71. The minimum Gasteiger partial charge on any atom is -0.293 e. The zero-order valence-corrected chi connectivity index (χ0v) is 10.7. The molecule has 0 bridgehead atoms. The number of alkyl halides is 1. The summed E-state index contributed by atoms with van der Waals surface area (Å²) in [6.07, 6.45) is 0. The topological polar surface area (TPSA) is 17.1 Å². The van der Waals surface area contributed by atoms with Crippen LogP contribution in [0, 0.1) is 23.2 Å². The van der Waals surface area contributed by atoms with Crippen molar-refractivity contribution in [2.75, 3.05) is 5.88 Å². The SMILES string of the molecule is Cc1ccc(C(=O)CCl)cc1.Fc1cc2ccc1=2. The van der Waals surface area contributed by atoms with Crippen LogP contribution in [0.25, 0.3) is 0 Å². The van der Waals surface area contributed by atoms with E-state index in [0.717, 1.165) is 16.0 Å². The molecule has 0 unspecified atom stereocenters. The molecule has 2 aliphatic carbocycles. The van der Waals surface area contributed by atoms with E-state index in [1.54, 1.807) is 18.2 Å². The van der Waals surface area contributed by atoms with Crippen molar-refractivity contribution in [3.8, 4) is 0 Å². The van der Waals surface area contributed by atoms with E-state index in [9.17, 15) is 9.18 Å². The number of ketones is 1. The van der Waals surface area contributed by atoms with Crippen molar-refractivity contribution in [2.24, 2.45) is 0 Å². The predicted molar refractivity (Wildman–Crippen MR) is 70.3 cm³/mol. The van der Waals surface area contributed by atoms with Crippen molar-refractivity contribution in [2.45, 2.75) is 6.92 Å². The normalized spacial score (nSPS) is 10.4. The van der Waals surface area contributed by atoms with Crippen molar-refractivity contribution in [1.29, 1.82) is 0 Å². The molecule has 3 heteroatoms. The first-order valence-electron chi connectivity index (χ1n) is 5.57. The second-order valence-electron chi connectivity index (χ2n) is 4.12. The molecule has 3 rings (SSSR count). The number of carbonyl (C=O) groups excluding carboxylic acids is 1. The van der Waals surface area contributed by atoms with Gasteiger partial charge in [-0.05, 0) is 18.2 Å². The summed E-state index contributed by atoms with van der Waals surface area (Å²) in [5, 5.41) is 1.87. The quantitative estimate of drug-likeness (QED) is 0.507. The Kier molecular flexibility index (Phi) is 3.78. The molecule has 92 valence electrons. The molecule has 0 aromatic heterocycles. The van der Waals surface area contributed by atoms with Crippen molar-refractivity contribution in [3.05, 3.63) is 69.8 Å². The van der Waals surface area contributed by atoms with Gasteiger partial charge in [0.15, 0.2) is 5.78 Å². The summed E-state index contributed by atoms with van der Waals surface area (Å²) < 4.78 is 12.0. The molecule has 0 radical (unpaired) electrons. The van der Waals surface area contributed by atoms with E-state index in [0.29, 0.717) is 5.56 Å². The summed E-state index contributed by atoms with van der Waals surface area (Å²) in [7, 11) is 0. The summed E-state index contributed by atoms with van der Waals surface area (Å²) in [5.74, 6) is -0.0209. The Labute approximate surface area is 110 Å². The van der Waals surface area contributed by atoms with Crippen LogP contribution in [0.3, 0.4) is 0 Å². The average molecular weight is 263 g/mol. The van der Waals surface area contributed by atoms with Crippen molar-refractivity contribution in [1.82, 2.24) is 0 Å². The molecule has 0 fully saturated rings. The van der Waals surface area contributed by atoms with E-state index in [-0.39, 0.29) is 17.5 Å². The van der Waals surface area contributed by atoms with Crippen LogP contribution >= 0.6 is 11.6 Å². The summed E-state index contributed by atoms with van der Waals surface area (Å²) in [6, 6.07) is 12.6. The number of hydrogen-bond donors (Lipinski definition) is 0. The molecule has 0 atom stereocenters. The average Bonchev–Trinajstić information content (AvgIpc) is 2.36. The molecule has 1 aromatic carbocycles. The first-order chi connectivity index (χ1) is 8.61. The second kappa shape index (κ2) is 5.32. The third kappa shape index (κ3) is 2.59. The molecule has 1 aromatic rings. The Morgan fingerprint density at radius 1 is 1.17 bits per heavy atom. The van der Waals surface area contributed by atoms with Gasteiger partial charge in [0, 0.05) is 10.8 Å². The largest absolute Gasteiger partial charge is 0.293 e. The van der Waals surface area contributed by atoms with E-state index in [4.69, 9.17) is 11.6 Å². The molecule has 1 nitrogen and oxygen atoms in total. The van der Waals surface area contributed by atoms with Gasteiger partial charge in [0.05, 0.1) is 5.88 Å². The molecule has 0 saturated heterocycles. The van der Waals surface area contributed by atoms with Gasteiger partial charge in [-0.25, -0.2) is 4.39 Å². The van der Waals surface area contributed by atoms with Crippen LogP contribution in [0.1, 0.15) is 15.9 Å². The van der Waals surface area contributed by atoms with Gasteiger partial charge in [-0.2, -0.15) is 0 Å². The lowest BCUT2D eigenvalue weighted by atomic mass is 10.1. The number of Topliss-reactive ketones (excluding diaryl/α,β-unsaturated/α-hetero) is 1. The number of benzene rings is 2. The Bertz CT molecular complexity index is 662. The van der Waals surface area contributed by atoms with Crippen LogP contribution in [-0.4, -0.2) is 11.7 Å². The Hall–Kier alpha value is -1.67. The van der Waals surface area contributed by atoms with Crippen molar-refractivity contribution in [3.63, 3.8) is 0 Å². The van der Waals surface area contributed by atoms with E-state index in [1.807, 2.05) is 25.1 Å². The maximum Gasteiger partial charge on any atom is 0.177 e. The van der Waals surface area contributed by atoms with Crippen LogP contribution in [-0.2, 0) is 0 Å². The van der Waals surface area contributed by atoms with Gasteiger partial charge >= 0.3 is 0 Å². The molecule has 0 N–H and O–H groups in total. The van der Waals surface area contributed by atoms with Gasteiger partial charge < -0.3 is 0 Å². The Morgan fingerprint density at radius 3 is 2.11 bits per heavy atom. The lowest BCUT2D eigenvalue weighted by Gasteiger charge is -2.00. The zero-order valence-electron chi connectivity index (χ0n) is 9.91. The molecule has 18 heavy (non-hydrogen) atoms. The molecular weight excluding hydrogens is 251 g/mol. The van der Waals surface area contributed by atoms with Gasteiger partial charge in [0.25, 0.3) is 0 Å². The zero-order chi connectivity index (χ0) is 13.1. The van der Waals surface area contributed by atoms with E-state index in [2.05, 4.69) is 0 Å². The molecule has 0 heterocycles. The maximum atomic E-state index is 12.0. The first kappa shape index (κ1) is 12.8.